The van der Waals surface area contributed by atoms with E-state index in [1.807, 2.05) is 0 Å². The van der Waals surface area contributed by atoms with E-state index in [0.29, 0.717) is 0 Å². The third-order valence-electron chi connectivity index (χ3n) is 2.16. The molecule has 0 heterocycles. The second-order valence-electron chi connectivity index (χ2n) is 3.36. The molecule has 0 aliphatic heterocycles. The van der Waals surface area contributed by atoms with Crippen LogP contribution in [0.15, 0.2) is 0 Å². The van der Waals surface area contributed by atoms with E-state index in [1.165, 1.54) is 32.1 Å². The monoisotopic (exact) mass is 173 g/mol. The lowest BCUT2D eigenvalue weighted by atomic mass is 10.1. The highest BCUT2D eigenvalue weighted by Gasteiger charge is 1.98. The normalized spacial score (nSPS) is 13.2. The highest BCUT2D eigenvalue weighted by atomic mass is 16.3. The summed E-state index contributed by atoms with van der Waals surface area (Å²) >= 11 is 0. The average molecular weight is 173 g/mol. The molecule has 0 bridgehead atoms. The second kappa shape index (κ2) is 9.01. The molecule has 2 nitrogen and oxygen atoms in total. The minimum Gasteiger partial charge on any atom is -0.379 e. The first-order valence-corrected chi connectivity index (χ1v) is 5.16. The first-order valence-electron chi connectivity index (χ1n) is 5.16. The number of unbranched alkanes of at least 4 members (excludes halogenated alkanes) is 5. The van der Waals surface area contributed by atoms with Gasteiger partial charge in [-0.25, -0.2) is 0 Å². The van der Waals surface area contributed by atoms with E-state index in [0.717, 1.165) is 12.8 Å². The lowest BCUT2D eigenvalue weighted by Gasteiger charge is -2.07. The Morgan fingerprint density at radius 2 is 1.67 bits per heavy atom. The summed E-state index contributed by atoms with van der Waals surface area (Å²) in [6.07, 6.45) is 8.34. The van der Waals surface area contributed by atoms with Crippen molar-refractivity contribution < 1.29 is 5.11 Å². The van der Waals surface area contributed by atoms with Crippen molar-refractivity contribution >= 4 is 0 Å². The number of aliphatic hydroxyl groups excluding tert-OH is 1. The van der Waals surface area contributed by atoms with Gasteiger partial charge in [-0.3, -0.25) is 5.32 Å². The SMILES string of the molecule is CCCCCCCCC(O)NC. The molecule has 0 spiro atoms. The molecule has 0 saturated carbocycles. The van der Waals surface area contributed by atoms with Crippen LogP contribution in [0.3, 0.4) is 0 Å². The zero-order chi connectivity index (χ0) is 9.23. The fraction of sp³-hybridized carbons (Fsp3) is 1.00. The van der Waals surface area contributed by atoms with Crippen molar-refractivity contribution in [2.24, 2.45) is 0 Å². The van der Waals surface area contributed by atoms with Gasteiger partial charge in [0.05, 0.1) is 0 Å². The van der Waals surface area contributed by atoms with Crippen molar-refractivity contribution in [3.05, 3.63) is 0 Å². The summed E-state index contributed by atoms with van der Waals surface area (Å²) in [4.78, 5) is 0. The number of hydrogen-bond acceptors (Lipinski definition) is 2. The van der Waals surface area contributed by atoms with Crippen molar-refractivity contribution in [1.29, 1.82) is 0 Å². The maximum atomic E-state index is 9.15. The largest absolute Gasteiger partial charge is 0.379 e. The summed E-state index contributed by atoms with van der Waals surface area (Å²) in [5, 5.41) is 12.0. The molecule has 0 aliphatic carbocycles. The van der Waals surface area contributed by atoms with Gasteiger partial charge in [0.1, 0.15) is 6.23 Å². The lowest BCUT2D eigenvalue weighted by molar-refractivity contribution is 0.133. The molecule has 0 amide bonds. The van der Waals surface area contributed by atoms with E-state index in [9.17, 15) is 0 Å². The molecule has 0 aromatic heterocycles. The molecule has 0 saturated heterocycles. The van der Waals surface area contributed by atoms with Crippen molar-refractivity contribution in [1.82, 2.24) is 5.32 Å². The minimum atomic E-state index is -0.295. The van der Waals surface area contributed by atoms with Crippen LogP contribution in [-0.2, 0) is 0 Å². The quantitative estimate of drug-likeness (QED) is 0.436. The Morgan fingerprint density at radius 1 is 1.08 bits per heavy atom. The van der Waals surface area contributed by atoms with Crippen molar-refractivity contribution in [2.75, 3.05) is 7.05 Å². The van der Waals surface area contributed by atoms with Gasteiger partial charge in [0.2, 0.25) is 0 Å². The number of aliphatic hydroxyl groups is 1. The molecule has 0 aliphatic rings. The Kier molecular flexibility index (Phi) is 8.95. The maximum Gasteiger partial charge on any atom is 0.104 e. The van der Waals surface area contributed by atoms with Crippen molar-refractivity contribution in [2.45, 2.75) is 58.1 Å². The van der Waals surface area contributed by atoms with Crippen LogP contribution in [0.1, 0.15) is 51.9 Å². The van der Waals surface area contributed by atoms with Gasteiger partial charge in [-0.2, -0.15) is 0 Å². The topological polar surface area (TPSA) is 32.3 Å². The molecule has 0 radical (unpaired) electrons. The maximum absolute atomic E-state index is 9.15. The predicted octanol–water partition coefficient (Wildman–Crippen LogP) is 2.27. The Hall–Kier alpha value is -0.0800. The highest BCUT2D eigenvalue weighted by molar-refractivity contribution is 4.50. The Morgan fingerprint density at radius 3 is 2.25 bits per heavy atom. The van der Waals surface area contributed by atoms with E-state index in [2.05, 4.69) is 12.2 Å². The Labute approximate surface area is 76.4 Å². The molecule has 74 valence electrons. The van der Waals surface area contributed by atoms with Crippen LogP contribution in [0.25, 0.3) is 0 Å². The number of hydrogen-bond donors (Lipinski definition) is 2. The van der Waals surface area contributed by atoms with E-state index in [4.69, 9.17) is 5.11 Å². The smallest absolute Gasteiger partial charge is 0.104 e. The van der Waals surface area contributed by atoms with Gasteiger partial charge in [0.15, 0.2) is 0 Å². The molecule has 1 unspecified atom stereocenters. The first-order chi connectivity index (χ1) is 5.81. The van der Waals surface area contributed by atoms with Crippen LogP contribution in [0.2, 0.25) is 0 Å². The van der Waals surface area contributed by atoms with Crippen LogP contribution in [-0.4, -0.2) is 18.4 Å². The number of nitrogens with one attached hydrogen (secondary N) is 1. The summed E-state index contributed by atoms with van der Waals surface area (Å²) < 4.78 is 0. The molecule has 0 rings (SSSR count). The summed E-state index contributed by atoms with van der Waals surface area (Å²) in [6, 6.07) is 0. The van der Waals surface area contributed by atoms with E-state index >= 15 is 0 Å². The fourth-order valence-corrected chi connectivity index (χ4v) is 1.26. The summed E-state index contributed by atoms with van der Waals surface area (Å²) in [6.45, 7) is 2.23. The molecule has 12 heavy (non-hydrogen) atoms. The summed E-state index contributed by atoms with van der Waals surface area (Å²) in [5.74, 6) is 0. The Balaban J connectivity index is 2.90. The average Bonchev–Trinajstić information content (AvgIpc) is 2.10. The van der Waals surface area contributed by atoms with Crippen LogP contribution >= 0.6 is 0 Å². The van der Waals surface area contributed by atoms with E-state index < -0.39 is 0 Å². The third-order valence-corrected chi connectivity index (χ3v) is 2.16. The van der Waals surface area contributed by atoms with Gasteiger partial charge in [0, 0.05) is 0 Å². The van der Waals surface area contributed by atoms with Gasteiger partial charge >= 0.3 is 0 Å². The molecule has 1 atom stereocenters. The van der Waals surface area contributed by atoms with Gasteiger partial charge in [-0.05, 0) is 19.9 Å². The van der Waals surface area contributed by atoms with Crippen molar-refractivity contribution in [3.63, 3.8) is 0 Å². The van der Waals surface area contributed by atoms with Gasteiger partial charge < -0.3 is 5.11 Å². The molecule has 2 N–H and O–H groups in total. The fourth-order valence-electron chi connectivity index (χ4n) is 1.26. The van der Waals surface area contributed by atoms with Crippen LogP contribution in [0.5, 0.6) is 0 Å². The second-order valence-corrected chi connectivity index (χ2v) is 3.36. The summed E-state index contributed by atoms with van der Waals surface area (Å²) in [5.41, 5.74) is 0. The van der Waals surface area contributed by atoms with Crippen molar-refractivity contribution in [3.8, 4) is 0 Å². The first kappa shape index (κ1) is 11.9. The molecule has 0 aromatic carbocycles. The van der Waals surface area contributed by atoms with Crippen LogP contribution in [0.4, 0.5) is 0 Å². The minimum absolute atomic E-state index is 0.295. The molecular weight excluding hydrogens is 150 g/mol. The predicted molar refractivity (Wildman–Crippen MR) is 53.1 cm³/mol. The zero-order valence-electron chi connectivity index (χ0n) is 8.47. The number of rotatable bonds is 8. The molecular formula is C10H23NO. The standard InChI is InChI=1S/C10H23NO/c1-3-4-5-6-7-8-9-10(12)11-2/h10-12H,3-9H2,1-2H3. The zero-order valence-corrected chi connectivity index (χ0v) is 8.47. The molecule has 0 aromatic rings. The lowest BCUT2D eigenvalue weighted by Crippen LogP contribution is -2.23. The van der Waals surface area contributed by atoms with Gasteiger partial charge in [-0.1, -0.05) is 39.0 Å². The summed E-state index contributed by atoms with van der Waals surface area (Å²) in [7, 11) is 1.79. The van der Waals surface area contributed by atoms with E-state index in [1.54, 1.807) is 7.05 Å². The van der Waals surface area contributed by atoms with Crippen LogP contribution in [0, 0.1) is 0 Å². The Bertz CT molecular complexity index is 85.9. The third kappa shape index (κ3) is 8.02. The molecule has 0 fully saturated rings. The molecule has 2 heteroatoms. The van der Waals surface area contributed by atoms with Crippen LogP contribution < -0.4 is 5.32 Å². The van der Waals surface area contributed by atoms with E-state index in [-0.39, 0.29) is 6.23 Å². The van der Waals surface area contributed by atoms with Gasteiger partial charge in [0.25, 0.3) is 0 Å². The van der Waals surface area contributed by atoms with Gasteiger partial charge in [-0.15, -0.1) is 0 Å². The highest BCUT2D eigenvalue weighted by Crippen LogP contribution is 2.07.